The molecule has 16 aromatic rings. The van der Waals surface area contributed by atoms with Gasteiger partial charge < -0.3 is 49.3 Å². The maximum atomic E-state index is 12.9. The minimum Gasteiger partial charge on any atom is -0.492 e. The van der Waals surface area contributed by atoms with Crippen molar-refractivity contribution in [3.8, 4) is 40.0 Å². The molecule has 4 aliphatic heterocycles. The number of fused-ring (bicyclic) bond motifs is 4. The Labute approximate surface area is 851 Å². The number of Topliss-reactive ketones (excluding diaryl/α,β-unsaturated/α-hetero) is 2. The highest BCUT2D eigenvalue weighted by molar-refractivity contribution is 5.97. The highest BCUT2D eigenvalue weighted by Crippen LogP contribution is 2.43. The Balaban J connectivity index is 0.000000134. The van der Waals surface area contributed by atoms with Gasteiger partial charge in [-0.3, -0.25) is 58.7 Å². The lowest BCUT2D eigenvalue weighted by molar-refractivity contribution is -0.274. The number of nitrogens with one attached hydrogen (secondary N) is 1. The van der Waals surface area contributed by atoms with E-state index in [0.29, 0.717) is 73.2 Å². The van der Waals surface area contributed by atoms with Gasteiger partial charge in [-0.25, -0.2) is 23.5 Å². The summed E-state index contributed by atoms with van der Waals surface area (Å²) in [6.45, 7) is 24.4. The fraction of sp³-hybridized carbons (Fsp3) is 0.319. The summed E-state index contributed by atoms with van der Waals surface area (Å²) in [5.41, 5.74) is 16.1. The number of aryl methyl sites for hydroxylation is 1. The number of carboxylic acids is 2. The largest absolute Gasteiger partial charge is 0.573 e. The average molecular weight is 1990 g/mol. The van der Waals surface area contributed by atoms with Crippen LogP contribution in [0.4, 0.5) is 35.9 Å². The highest BCUT2D eigenvalue weighted by atomic mass is 19.4. The normalized spacial score (nSPS) is 15.4. The van der Waals surface area contributed by atoms with Crippen LogP contribution in [0.3, 0.4) is 0 Å². The number of nitrogens with zero attached hydrogens (tertiary/aromatic N) is 20. The molecular weight excluding hydrogens is 1870 g/mol. The number of amides is 1. The van der Waals surface area contributed by atoms with Gasteiger partial charge in [0.1, 0.15) is 40.4 Å². The summed E-state index contributed by atoms with van der Waals surface area (Å²) < 4.78 is 62.1. The third-order valence-electron chi connectivity index (χ3n) is 26.7. The van der Waals surface area contributed by atoms with E-state index in [1.807, 2.05) is 239 Å². The number of aromatic nitrogens is 12. The molecule has 3 N–H and O–H groups in total. The number of aliphatic carboxylic acids is 2. The van der Waals surface area contributed by atoms with Crippen molar-refractivity contribution >= 4 is 95.8 Å². The zero-order chi connectivity index (χ0) is 102. The Bertz CT molecular complexity index is 7180. The van der Waals surface area contributed by atoms with Crippen molar-refractivity contribution in [2.45, 2.75) is 111 Å². The van der Waals surface area contributed by atoms with Crippen molar-refractivity contribution in [3.05, 3.63) is 320 Å². The van der Waals surface area contributed by atoms with E-state index in [2.05, 4.69) is 110 Å². The second kappa shape index (κ2) is 48.3. The van der Waals surface area contributed by atoms with Crippen LogP contribution < -0.4 is 39.1 Å². The lowest BCUT2D eigenvalue weighted by Gasteiger charge is -2.30. The molecule has 34 heteroatoms. The molecule has 8 aromatic heterocycles. The van der Waals surface area contributed by atoms with Crippen LogP contribution in [0.1, 0.15) is 125 Å². The number of para-hydroxylation sites is 4. The molecule has 0 aliphatic carbocycles. The minimum atomic E-state index is -4.82. The van der Waals surface area contributed by atoms with Gasteiger partial charge in [0.2, 0.25) is 5.91 Å². The zero-order valence-electron chi connectivity index (χ0n) is 83.4. The number of pyridine rings is 4. The van der Waals surface area contributed by atoms with Crippen molar-refractivity contribution in [2.24, 2.45) is 0 Å². The van der Waals surface area contributed by atoms with E-state index in [0.717, 1.165) is 200 Å². The summed E-state index contributed by atoms with van der Waals surface area (Å²) in [4.78, 5) is 97.2. The number of carbonyl (C=O) groups excluding carboxylic acids is 3. The molecule has 4 saturated heterocycles. The van der Waals surface area contributed by atoms with Gasteiger partial charge in [-0.1, -0.05) is 111 Å². The fourth-order valence-electron chi connectivity index (χ4n) is 19.7. The zero-order valence-corrected chi connectivity index (χ0v) is 83.4. The van der Waals surface area contributed by atoms with Gasteiger partial charge >= 0.3 is 18.3 Å². The van der Waals surface area contributed by atoms with E-state index in [1.54, 1.807) is 48.4 Å². The van der Waals surface area contributed by atoms with Crippen LogP contribution in [-0.4, -0.2) is 249 Å². The molecule has 147 heavy (non-hydrogen) atoms. The molecule has 0 bridgehead atoms. The molecule has 3 atom stereocenters. The number of carbonyl (C=O) groups is 5. The summed E-state index contributed by atoms with van der Waals surface area (Å²) in [5, 5.41) is 44.8. The maximum absolute atomic E-state index is 12.9. The first-order valence-electron chi connectivity index (χ1n) is 50.0. The van der Waals surface area contributed by atoms with E-state index in [1.165, 1.54) is 30.3 Å². The van der Waals surface area contributed by atoms with Gasteiger partial charge in [0.25, 0.3) is 0 Å². The number of benzene rings is 8. The third-order valence-corrected chi connectivity index (χ3v) is 26.7. The first kappa shape index (κ1) is 103. The Morgan fingerprint density at radius 1 is 0.435 bits per heavy atom. The second-order valence-electron chi connectivity index (χ2n) is 37.2. The smallest absolute Gasteiger partial charge is 0.492 e. The number of alkyl halides is 3. The van der Waals surface area contributed by atoms with E-state index in [-0.39, 0.29) is 54.9 Å². The first-order chi connectivity index (χ1) is 71.4. The molecule has 31 nitrogen and oxygen atoms in total. The first-order valence-corrected chi connectivity index (χ1v) is 50.0. The van der Waals surface area contributed by atoms with Gasteiger partial charge in [-0.15, -0.1) is 13.2 Å². The van der Waals surface area contributed by atoms with Crippen LogP contribution in [-0.2, 0) is 30.5 Å². The van der Waals surface area contributed by atoms with Crippen LogP contribution in [0.2, 0.25) is 0 Å². The molecule has 0 radical (unpaired) electrons. The minimum absolute atomic E-state index is 0.0457. The topological polar surface area (TPSA) is 314 Å². The predicted molar refractivity (Wildman–Crippen MR) is 563 cm³/mol. The number of hydrogen-bond acceptors (Lipinski definition) is 24. The molecule has 4 fully saturated rings. The van der Waals surface area contributed by atoms with E-state index < -0.39 is 24.3 Å². The number of hydrogen-bond donors (Lipinski definition) is 3. The maximum Gasteiger partial charge on any atom is 0.573 e. The van der Waals surface area contributed by atoms with E-state index >= 15 is 0 Å². The molecule has 8 aromatic carbocycles. The van der Waals surface area contributed by atoms with Crippen LogP contribution in [0.25, 0.3) is 66.4 Å². The quantitative estimate of drug-likeness (QED) is 0.0392. The molecule has 20 rings (SSSR count). The molecule has 12 heterocycles. The molecule has 760 valence electrons. The summed E-state index contributed by atoms with van der Waals surface area (Å²) in [5.74, 6) is -0.538. The SMILES string of the molecule is CC(=O)CNC(=O)CC(c1ccn(-c2ccccc2)n1)N1CCCN(c2cc(C(C)C)cc3cccnc23)CC1.CCOc1ccc2cccnc2c1N1CCCN(C(C(C)=O)c2ccn(-c3ccccc3)n2)CC1.Cc1cc2cccnc2c(N2CCCN(Cc3ccn(-c4ccccc4)n3)CC2)c1OCC(=O)O.O=C(O)C(c1ccn(-c2ccccc2)n1)N1CCCN(c2cc(OC(F)(F)F)cc3cccnc23)CC1. The number of anilines is 4. The number of carboxylic acid groups (broad SMARTS) is 2. The molecule has 0 spiro atoms. The van der Waals surface area contributed by atoms with E-state index in [9.17, 15) is 47.4 Å². The van der Waals surface area contributed by atoms with Crippen LogP contribution in [0, 0.1) is 6.92 Å². The summed E-state index contributed by atoms with van der Waals surface area (Å²) >= 11 is 0. The van der Waals surface area contributed by atoms with Gasteiger partial charge in [-0.2, -0.15) is 20.4 Å². The molecule has 1 amide bonds. The van der Waals surface area contributed by atoms with Gasteiger partial charge in [-0.05, 0) is 204 Å². The van der Waals surface area contributed by atoms with Crippen LogP contribution in [0.5, 0.6) is 17.2 Å². The number of ketones is 2. The van der Waals surface area contributed by atoms with Gasteiger partial charge in [0.05, 0.1) is 98.2 Å². The van der Waals surface area contributed by atoms with Crippen molar-refractivity contribution in [2.75, 3.05) is 144 Å². The summed E-state index contributed by atoms with van der Waals surface area (Å²) in [6, 6.07) is 74.5. The molecule has 3 unspecified atom stereocenters. The average Bonchev–Trinajstić information content (AvgIpc) is 1.14. The number of halogens is 3. The molecular formula is C113H122F3N21O10. The Kier molecular flexibility index (Phi) is 33.7. The van der Waals surface area contributed by atoms with Crippen LogP contribution >= 0.6 is 0 Å². The standard InChI is InChI=1S/C32H38N6O2.C28H31N5O2.C27H29N5O3.C26H24F3N5O3/c1-23(2)26-19-25-9-7-13-33-32(25)30(20-26)37-15-8-14-36(17-18-37)29(21-31(40)34-22-24(3)39)28-12-16-38(35-28)27-10-5-4-6-11-27;1-3-35-25-13-12-22-9-7-15-29-26(22)28(25)32-17-8-16-31(19-20-32)27(21(2)34)24-14-18-33(30-24)23-10-5-4-6-11-23;1-20-17-21-7-5-11-28-25(21)26(27(20)35-19-24(33)34)31-13-6-12-30(15-16-31)18-22-10-14-32(29-22)23-8-3-2-4-9-23;27-26(28,29)37-20-16-18-6-4-10-30-23(18)22(17-20)32-11-5-12-33(15-14-32)24(25(35)36)21-9-13-34(31-21)19-7-2-1-3-8-19/h4-7,9-13,16,19-20,23,29H,8,14-15,17-18,21-22H2,1-3H3,(H,34,40);4-7,9-15,18,27H,3,8,16-17,19-20H2,1-2H3;2-5,7-11,14,17H,6,12-13,15-16,18-19H2,1H3,(H,33,34);1-4,6-10,13,16-17,24H,5,11-12,14-15H2,(H,35,36). The molecule has 4 aliphatic rings. The lowest BCUT2D eigenvalue weighted by atomic mass is 9.99. The van der Waals surface area contributed by atoms with Crippen molar-refractivity contribution in [1.82, 2.24) is 84.0 Å². The van der Waals surface area contributed by atoms with Gasteiger partial charge in [0.15, 0.2) is 18.4 Å². The van der Waals surface area contributed by atoms with E-state index in [4.69, 9.17) is 29.8 Å². The van der Waals surface area contributed by atoms with Crippen LogP contribution in [0.15, 0.2) is 286 Å². The Hall–Kier alpha value is -15.8. The van der Waals surface area contributed by atoms with Crippen molar-refractivity contribution < 1.29 is 61.6 Å². The monoisotopic (exact) mass is 1990 g/mol. The molecule has 0 saturated carbocycles. The Morgan fingerprint density at radius 2 is 0.891 bits per heavy atom. The fourth-order valence-corrected chi connectivity index (χ4v) is 19.7. The van der Waals surface area contributed by atoms with Gasteiger partial charge in [0, 0.05) is 195 Å². The summed E-state index contributed by atoms with van der Waals surface area (Å²) in [7, 11) is 0. The lowest BCUT2D eigenvalue weighted by Crippen LogP contribution is -2.38. The summed E-state index contributed by atoms with van der Waals surface area (Å²) in [6.07, 6.45) is 13.5. The van der Waals surface area contributed by atoms with Crippen molar-refractivity contribution in [1.29, 1.82) is 0 Å². The van der Waals surface area contributed by atoms with Crippen molar-refractivity contribution in [3.63, 3.8) is 0 Å². The highest BCUT2D eigenvalue weighted by Gasteiger charge is 2.37. The second-order valence-corrected chi connectivity index (χ2v) is 37.2. The number of ether oxygens (including phenoxy) is 3. The third kappa shape index (κ3) is 26.0. The number of rotatable bonds is 29. The Morgan fingerprint density at radius 3 is 1.43 bits per heavy atom. The predicted octanol–water partition coefficient (Wildman–Crippen LogP) is 18.1.